The van der Waals surface area contributed by atoms with Gasteiger partial charge in [0.15, 0.2) is 6.61 Å². The molecule has 0 aliphatic carbocycles. The first-order valence-electron chi connectivity index (χ1n) is 7.76. The van der Waals surface area contributed by atoms with E-state index in [1.165, 1.54) is 0 Å². The summed E-state index contributed by atoms with van der Waals surface area (Å²) in [5.74, 6) is -0.112. The average molecular weight is 400 g/mol. The number of carbonyl (C=O) groups is 2. The van der Waals surface area contributed by atoms with Crippen molar-refractivity contribution in [2.45, 2.75) is 26.1 Å². The monoisotopic (exact) mass is 399 g/mol. The predicted molar refractivity (Wildman–Crippen MR) is 92.4 cm³/mol. The number of carbonyl (C=O) groups excluding carboxylic acids is 2. The van der Waals surface area contributed by atoms with Crippen molar-refractivity contribution in [3.05, 3.63) is 28.7 Å². The van der Waals surface area contributed by atoms with Crippen molar-refractivity contribution in [2.24, 2.45) is 0 Å². The Kier molecular flexibility index (Phi) is 7.01. The maximum absolute atomic E-state index is 11.9. The van der Waals surface area contributed by atoms with Crippen molar-refractivity contribution >= 4 is 27.7 Å². The standard InChI is InChI=1S/C16H22BrN3O4/c1-11-7-20(8-12(2)24-11)9-15(21)18-19-16(22)10-23-14-5-3-13(17)4-6-14/h3-6,11-12H,7-10H2,1-2H3,(H,18,21)(H,19,22)/t11-,12-/m0/s1. The number of benzene rings is 1. The van der Waals surface area contributed by atoms with E-state index in [0.29, 0.717) is 18.8 Å². The first kappa shape index (κ1) is 18.7. The number of hydrogen-bond donors (Lipinski definition) is 2. The number of ether oxygens (including phenoxy) is 2. The lowest BCUT2D eigenvalue weighted by atomic mass is 10.2. The average Bonchev–Trinajstić information content (AvgIpc) is 2.51. The van der Waals surface area contributed by atoms with E-state index in [0.717, 1.165) is 4.47 Å². The number of amides is 2. The molecule has 0 radical (unpaired) electrons. The fraction of sp³-hybridized carbons (Fsp3) is 0.500. The van der Waals surface area contributed by atoms with Crippen LogP contribution in [0.3, 0.4) is 0 Å². The van der Waals surface area contributed by atoms with Crippen molar-refractivity contribution in [1.82, 2.24) is 15.8 Å². The van der Waals surface area contributed by atoms with Crippen LogP contribution in [0.4, 0.5) is 0 Å². The largest absolute Gasteiger partial charge is 0.484 e. The van der Waals surface area contributed by atoms with Gasteiger partial charge in [0.2, 0.25) is 0 Å². The third-order valence-corrected chi connectivity index (χ3v) is 3.92. The summed E-state index contributed by atoms with van der Waals surface area (Å²) in [5.41, 5.74) is 4.74. The zero-order chi connectivity index (χ0) is 17.5. The van der Waals surface area contributed by atoms with E-state index in [1.54, 1.807) is 12.1 Å². The second-order valence-corrected chi connectivity index (χ2v) is 6.71. The van der Waals surface area contributed by atoms with E-state index in [-0.39, 0.29) is 31.3 Å². The number of morpholine rings is 1. The van der Waals surface area contributed by atoms with E-state index in [2.05, 4.69) is 26.8 Å². The van der Waals surface area contributed by atoms with Gasteiger partial charge in [0.1, 0.15) is 5.75 Å². The van der Waals surface area contributed by atoms with Gasteiger partial charge in [-0.2, -0.15) is 0 Å². The van der Waals surface area contributed by atoms with E-state index in [9.17, 15) is 9.59 Å². The van der Waals surface area contributed by atoms with Crippen molar-refractivity contribution in [2.75, 3.05) is 26.2 Å². The van der Waals surface area contributed by atoms with Crippen LogP contribution in [0.5, 0.6) is 5.75 Å². The number of rotatable bonds is 5. The highest BCUT2D eigenvalue weighted by atomic mass is 79.9. The molecule has 0 bridgehead atoms. The Morgan fingerprint density at radius 2 is 1.75 bits per heavy atom. The minimum absolute atomic E-state index is 0.0930. The van der Waals surface area contributed by atoms with Crippen molar-refractivity contribution in [3.63, 3.8) is 0 Å². The topological polar surface area (TPSA) is 79.9 Å². The Bertz CT molecular complexity index is 557. The third-order valence-electron chi connectivity index (χ3n) is 3.39. The van der Waals surface area contributed by atoms with E-state index >= 15 is 0 Å². The van der Waals surface area contributed by atoms with Crippen LogP contribution in [0.25, 0.3) is 0 Å². The highest BCUT2D eigenvalue weighted by Crippen LogP contribution is 2.15. The van der Waals surface area contributed by atoms with E-state index in [1.807, 2.05) is 30.9 Å². The number of hydrogen-bond acceptors (Lipinski definition) is 5. The number of hydrazine groups is 1. The maximum atomic E-state index is 11.9. The molecule has 8 heteroatoms. The molecule has 1 aromatic rings. The minimum atomic E-state index is -0.421. The Morgan fingerprint density at radius 3 is 2.38 bits per heavy atom. The molecular formula is C16H22BrN3O4. The molecular weight excluding hydrogens is 378 g/mol. The van der Waals surface area contributed by atoms with Gasteiger partial charge in [0.05, 0.1) is 18.8 Å². The zero-order valence-corrected chi connectivity index (χ0v) is 15.3. The van der Waals surface area contributed by atoms with Crippen LogP contribution in [0.2, 0.25) is 0 Å². The van der Waals surface area contributed by atoms with E-state index in [4.69, 9.17) is 9.47 Å². The number of halogens is 1. The van der Waals surface area contributed by atoms with Gasteiger partial charge in [0.25, 0.3) is 11.8 Å². The van der Waals surface area contributed by atoms with Gasteiger partial charge in [-0.3, -0.25) is 25.3 Å². The Hall–Kier alpha value is -1.64. The molecule has 2 rings (SSSR count). The smallest absolute Gasteiger partial charge is 0.276 e. The minimum Gasteiger partial charge on any atom is -0.484 e. The molecule has 0 spiro atoms. The fourth-order valence-corrected chi connectivity index (χ4v) is 2.78. The summed E-state index contributed by atoms with van der Waals surface area (Å²) in [6.07, 6.45) is 0.186. The molecule has 2 amide bonds. The van der Waals surface area contributed by atoms with Crippen LogP contribution in [-0.4, -0.2) is 55.2 Å². The van der Waals surface area contributed by atoms with Gasteiger partial charge < -0.3 is 9.47 Å². The predicted octanol–water partition coefficient (Wildman–Crippen LogP) is 1.08. The summed E-state index contributed by atoms with van der Waals surface area (Å²) in [5, 5.41) is 0. The quantitative estimate of drug-likeness (QED) is 0.724. The Balaban J connectivity index is 1.65. The maximum Gasteiger partial charge on any atom is 0.276 e. The summed E-state index contributed by atoms with van der Waals surface area (Å²) < 4.78 is 11.9. The van der Waals surface area contributed by atoms with Gasteiger partial charge in [-0.05, 0) is 38.1 Å². The molecule has 2 N–H and O–H groups in total. The van der Waals surface area contributed by atoms with Crippen molar-refractivity contribution in [1.29, 1.82) is 0 Å². The third kappa shape index (κ3) is 6.46. The fourth-order valence-electron chi connectivity index (χ4n) is 2.51. The molecule has 7 nitrogen and oxygen atoms in total. The molecule has 0 saturated carbocycles. The molecule has 24 heavy (non-hydrogen) atoms. The summed E-state index contributed by atoms with van der Waals surface area (Å²) in [4.78, 5) is 25.6. The van der Waals surface area contributed by atoms with Gasteiger partial charge >= 0.3 is 0 Å². The molecule has 132 valence electrons. The molecule has 0 aromatic heterocycles. The number of nitrogens with zero attached hydrogens (tertiary/aromatic N) is 1. The molecule has 1 aliphatic heterocycles. The lowest BCUT2D eigenvalue weighted by Gasteiger charge is -2.34. The molecule has 1 aromatic carbocycles. The highest BCUT2D eigenvalue weighted by molar-refractivity contribution is 9.10. The van der Waals surface area contributed by atoms with Crippen molar-refractivity contribution in [3.8, 4) is 5.75 Å². The second-order valence-electron chi connectivity index (χ2n) is 5.79. The molecule has 1 saturated heterocycles. The SMILES string of the molecule is C[C@H]1CN(CC(=O)NNC(=O)COc2ccc(Br)cc2)C[C@H](C)O1. The van der Waals surface area contributed by atoms with Crippen LogP contribution in [0.1, 0.15) is 13.8 Å². The lowest BCUT2D eigenvalue weighted by molar-refractivity contribution is -0.132. The lowest BCUT2D eigenvalue weighted by Crippen LogP contribution is -2.52. The van der Waals surface area contributed by atoms with Crippen LogP contribution < -0.4 is 15.6 Å². The first-order chi connectivity index (χ1) is 11.4. The van der Waals surface area contributed by atoms with Crippen LogP contribution >= 0.6 is 15.9 Å². The van der Waals surface area contributed by atoms with Crippen molar-refractivity contribution < 1.29 is 19.1 Å². The van der Waals surface area contributed by atoms with Crippen LogP contribution in [0, 0.1) is 0 Å². The highest BCUT2D eigenvalue weighted by Gasteiger charge is 2.23. The van der Waals surface area contributed by atoms with Gasteiger partial charge in [-0.15, -0.1) is 0 Å². The summed E-state index contributed by atoms with van der Waals surface area (Å²) in [7, 11) is 0. The Morgan fingerprint density at radius 1 is 1.17 bits per heavy atom. The number of nitrogens with one attached hydrogen (secondary N) is 2. The van der Waals surface area contributed by atoms with E-state index < -0.39 is 5.91 Å². The van der Waals surface area contributed by atoms with Crippen LogP contribution in [0.15, 0.2) is 28.7 Å². The zero-order valence-electron chi connectivity index (χ0n) is 13.8. The normalized spacial score (nSPS) is 21.1. The van der Waals surface area contributed by atoms with Gasteiger partial charge in [-0.25, -0.2) is 0 Å². The molecule has 0 unspecified atom stereocenters. The van der Waals surface area contributed by atoms with Crippen LogP contribution in [-0.2, 0) is 14.3 Å². The first-order valence-corrected chi connectivity index (χ1v) is 8.55. The van der Waals surface area contributed by atoms with Gasteiger partial charge in [-0.1, -0.05) is 15.9 Å². The second kappa shape index (κ2) is 9.00. The Labute approximate surface area is 149 Å². The molecule has 1 fully saturated rings. The molecule has 2 atom stereocenters. The summed E-state index contributed by atoms with van der Waals surface area (Å²) >= 11 is 3.32. The summed E-state index contributed by atoms with van der Waals surface area (Å²) in [6.45, 7) is 5.37. The molecule has 1 heterocycles. The summed E-state index contributed by atoms with van der Waals surface area (Å²) in [6, 6.07) is 7.13. The van der Waals surface area contributed by atoms with Gasteiger partial charge in [0, 0.05) is 17.6 Å². The molecule has 1 aliphatic rings.